The van der Waals surface area contributed by atoms with E-state index in [9.17, 15) is 18.0 Å². The van der Waals surface area contributed by atoms with Gasteiger partial charge < -0.3 is 10.2 Å². The summed E-state index contributed by atoms with van der Waals surface area (Å²) in [6, 6.07) is 17.4. The predicted octanol–water partition coefficient (Wildman–Crippen LogP) is 6.00. The molecular weight excluding hydrogens is 569 g/mol. The molecule has 0 aromatic heterocycles. The van der Waals surface area contributed by atoms with Gasteiger partial charge in [0.15, 0.2) is 0 Å². The topological polar surface area (TPSA) is 86.8 Å². The van der Waals surface area contributed by atoms with E-state index in [1.807, 2.05) is 20.8 Å². The summed E-state index contributed by atoms with van der Waals surface area (Å²) in [5, 5.41) is 3.75. The van der Waals surface area contributed by atoms with Crippen molar-refractivity contribution in [1.29, 1.82) is 0 Å². The molecule has 3 rings (SSSR count). The summed E-state index contributed by atoms with van der Waals surface area (Å²) in [6.07, 6.45) is 0. The van der Waals surface area contributed by atoms with E-state index in [0.717, 1.165) is 9.87 Å². The molecule has 0 radical (unpaired) electrons. The lowest BCUT2D eigenvalue weighted by atomic mass is 10.1. The Hall–Kier alpha value is -3.07. The second-order valence-electron chi connectivity index (χ2n) is 10.2. The molecule has 10 heteroatoms. The highest BCUT2D eigenvalue weighted by Crippen LogP contribution is 2.30. The number of hydrogen-bond acceptors (Lipinski definition) is 4. The van der Waals surface area contributed by atoms with Crippen LogP contribution in [-0.2, 0) is 26.2 Å². The molecular formula is C30H35Cl2N3O4S. The van der Waals surface area contributed by atoms with E-state index in [-0.39, 0.29) is 23.3 Å². The van der Waals surface area contributed by atoms with Gasteiger partial charge in [0.25, 0.3) is 10.0 Å². The van der Waals surface area contributed by atoms with Crippen molar-refractivity contribution in [1.82, 2.24) is 10.2 Å². The van der Waals surface area contributed by atoms with Gasteiger partial charge in [-0.05, 0) is 74.2 Å². The molecule has 0 saturated heterocycles. The Balaban J connectivity index is 2.06. The molecule has 1 N–H and O–H groups in total. The van der Waals surface area contributed by atoms with Gasteiger partial charge in [0, 0.05) is 23.1 Å². The molecule has 7 nitrogen and oxygen atoms in total. The zero-order chi connectivity index (χ0) is 29.6. The zero-order valence-corrected chi connectivity index (χ0v) is 25.6. The van der Waals surface area contributed by atoms with Gasteiger partial charge >= 0.3 is 0 Å². The second kappa shape index (κ2) is 13.5. The first-order valence-corrected chi connectivity index (χ1v) is 15.2. The van der Waals surface area contributed by atoms with Gasteiger partial charge in [-0.2, -0.15) is 0 Å². The van der Waals surface area contributed by atoms with Crippen LogP contribution in [0.5, 0.6) is 0 Å². The maximum atomic E-state index is 14.0. The van der Waals surface area contributed by atoms with Crippen LogP contribution >= 0.6 is 23.2 Å². The summed E-state index contributed by atoms with van der Waals surface area (Å²) in [6.45, 7) is 9.08. The molecule has 0 saturated carbocycles. The van der Waals surface area contributed by atoms with Crippen LogP contribution in [0.2, 0.25) is 10.0 Å². The van der Waals surface area contributed by atoms with Crippen molar-refractivity contribution >= 4 is 50.7 Å². The van der Waals surface area contributed by atoms with Crippen molar-refractivity contribution < 1.29 is 18.0 Å². The molecule has 0 spiro atoms. The standard InChI is InChI=1S/C30H35Cl2N3O4S/c1-20(2)17-33-30(37)23(5)34(18-24-8-6-7-9-27(24)32)29(36)19-35(28-15-12-25(31)16-22(28)4)40(38,39)26-13-10-21(3)11-14-26/h6-16,20,23H,17-19H2,1-5H3,(H,33,37)/t23-/m0/s1. The van der Waals surface area contributed by atoms with Crippen molar-refractivity contribution in [2.45, 2.75) is 52.1 Å². The highest BCUT2D eigenvalue weighted by Gasteiger charge is 2.33. The van der Waals surface area contributed by atoms with Crippen LogP contribution in [-0.4, -0.2) is 44.3 Å². The van der Waals surface area contributed by atoms with E-state index in [1.165, 1.54) is 17.0 Å². The first-order valence-electron chi connectivity index (χ1n) is 13.0. The van der Waals surface area contributed by atoms with Crippen LogP contribution < -0.4 is 9.62 Å². The van der Waals surface area contributed by atoms with E-state index in [4.69, 9.17) is 23.2 Å². The first kappa shape index (κ1) is 31.5. The number of rotatable bonds is 11. The quantitative estimate of drug-likeness (QED) is 0.291. The summed E-state index contributed by atoms with van der Waals surface area (Å²) in [7, 11) is -4.17. The van der Waals surface area contributed by atoms with Crippen molar-refractivity contribution in [2.24, 2.45) is 5.92 Å². The van der Waals surface area contributed by atoms with E-state index in [0.29, 0.717) is 33.4 Å². The summed E-state index contributed by atoms with van der Waals surface area (Å²) >= 11 is 12.6. The van der Waals surface area contributed by atoms with Crippen LogP contribution in [0.3, 0.4) is 0 Å². The SMILES string of the molecule is Cc1ccc(S(=O)(=O)N(CC(=O)N(Cc2ccccc2Cl)[C@@H](C)C(=O)NCC(C)C)c2ccc(Cl)cc2C)cc1. The number of carbonyl (C=O) groups excluding carboxylic acids is 2. The summed E-state index contributed by atoms with van der Waals surface area (Å²) < 4.78 is 29.0. The molecule has 0 heterocycles. The predicted molar refractivity (Wildman–Crippen MR) is 161 cm³/mol. The van der Waals surface area contributed by atoms with Gasteiger partial charge in [-0.3, -0.25) is 13.9 Å². The lowest BCUT2D eigenvalue weighted by molar-refractivity contribution is -0.139. The normalized spacial score (nSPS) is 12.2. The Morgan fingerprint density at radius 1 is 0.925 bits per heavy atom. The van der Waals surface area contributed by atoms with Crippen molar-refractivity contribution in [2.75, 3.05) is 17.4 Å². The molecule has 214 valence electrons. The van der Waals surface area contributed by atoms with Crippen LogP contribution in [0.15, 0.2) is 71.6 Å². The third-order valence-corrected chi connectivity index (χ3v) is 8.84. The smallest absolute Gasteiger partial charge is 0.264 e. The molecule has 0 unspecified atom stereocenters. The molecule has 0 aliphatic heterocycles. The van der Waals surface area contributed by atoms with E-state index < -0.39 is 28.5 Å². The molecule has 0 fully saturated rings. The molecule has 40 heavy (non-hydrogen) atoms. The molecule has 0 bridgehead atoms. The Morgan fingerprint density at radius 3 is 2.17 bits per heavy atom. The van der Waals surface area contributed by atoms with Gasteiger partial charge in [-0.1, -0.05) is 72.9 Å². The number of halogens is 2. The molecule has 2 amide bonds. The number of anilines is 1. The average Bonchev–Trinajstić information content (AvgIpc) is 2.90. The first-order chi connectivity index (χ1) is 18.8. The Morgan fingerprint density at radius 2 is 1.57 bits per heavy atom. The van der Waals surface area contributed by atoms with Gasteiger partial charge in [0.2, 0.25) is 11.8 Å². The Kier molecular flexibility index (Phi) is 10.6. The lowest BCUT2D eigenvalue weighted by Crippen LogP contribution is -2.51. The van der Waals surface area contributed by atoms with Crippen LogP contribution in [0.25, 0.3) is 0 Å². The largest absolute Gasteiger partial charge is 0.354 e. The highest BCUT2D eigenvalue weighted by atomic mass is 35.5. The maximum Gasteiger partial charge on any atom is 0.264 e. The summed E-state index contributed by atoms with van der Waals surface area (Å²) in [4.78, 5) is 28.5. The summed E-state index contributed by atoms with van der Waals surface area (Å²) in [5.41, 5.74) is 2.43. The maximum absolute atomic E-state index is 14.0. The molecule has 3 aromatic carbocycles. The van der Waals surface area contributed by atoms with Crippen molar-refractivity contribution in [3.8, 4) is 0 Å². The number of amides is 2. The van der Waals surface area contributed by atoms with E-state index >= 15 is 0 Å². The highest BCUT2D eigenvalue weighted by molar-refractivity contribution is 7.92. The number of nitrogens with zero attached hydrogens (tertiary/aromatic N) is 2. The fraction of sp³-hybridized carbons (Fsp3) is 0.333. The monoisotopic (exact) mass is 603 g/mol. The Labute approximate surface area is 247 Å². The van der Waals surface area contributed by atoms with Crippen molar-refractivity contribution in [3.05, 3.63) is 93.5 Å². The van der Waals surface area contributed by atoms with Crippen LogP contribution in [0.4, 0.5) is 5.69 Å². The number of carbonyl (C=O) groups is 2. The molecule has 0 aliphatic rings. The lowest BCUT2D eigenvalue weighted by Gasteiger charge is -2.32. The minimum Gasteiger partial charge on any atom is -0.354 e. The minimum atomic E-state index is -4.17. The average molecular weight is 605 g/mol. The minimum absolute atomic E-state index is 0.0206. The number of sulfonamides is 1. The second-order valence-corrected chi connectivity index (χ2v) is 12.9. The number of benzene rings is 3. The third kappa shape index (κ3) is 7.77. The van der Waals surface area contributed by atoms with Gasteiger partial charge in [-0.25, -0.2) is 8.42 Å². The van der Waals surface area contributed by atoms with Crippen molar-refractivity contribution in [3.63, 3.8) is 0 Å². The van der Waals surface area contributed by atoms with Gasteiger partial charge in [0.05, 0.1) is 10.6 Å². The number of aryl methyl sites for hydroxylation is 2. The Bertz CT molecular complexity index is 1460. The van der Waals surface area contributed by atoms with Crippen LogP contribution in [0.1, 0.15) is 37.5 Å². The molecule has 1 atom stereocenters. The van der Waals surface area contributed by atoms with Gasteiger partial charge in [-0.15, -0.1) is 0 Å². The third-order valence-electron chi connectivity index (χ3n) is 6.47. The van der Waals surface area contributed by atoms with E-state index in [1.54, 1.807) is 68.4 Å². The fourth-order valence-electron chi connectivity index (χ4n) is 4.09. The molecule has 3 aromatic rings. The van der Waals surface area contributed by atoms with Gasteiger partial charge in [0.1, 0.15) is 12.6 Å². The number of nitrogens with one attached hydrogen (secondary N) is 1. The zero-order valence-electron chi connectivity index (χ0n) is 23.3. The molecule has 0 aliphatic carbocycles. The summed E-state index contributed by atoms with van der Waals surface area (Å²) in [5.74, 6) is -0.686. The fourth-order valence-corrected chi connectivity index (χ4v) is 6.00. The number of hydrogen-bond donors (Lipinski definition) is 1. The van der Waals surface area contributed by atoms with E-state index in [2.05, 4.69) is 5.32 Å². The van der Waals surface area contributed by atoms with Crippen LogP contribution in [0, 0.1) is 19.8 Å².